The first-order valence-corrected chi connectivity index (χ1v) is 2.95. The van der Waals surface area contributed by atoms with Crippen LogP contribution in [0.3, 0.4) is 0 Å². The third kappa shape index (κ3) is 2.64. The smallest absolute Gasteiger partial charge is 0.266 e. The van der Waals surface area contributed by atoms with E-state index in [0.29, 0.717) is 0 Å². The van der Waals surface area contributed by atoms with Gasteiger partial charge in [0.2, 0.25) is 0 Å². The number of aromatic nitrogens is 6. The molecule has 0 saturated heterocycles. The molecular weight excluding hydrogens is 164 g/mol. The number of rotatable bonds is 0. The number of aromatic amines is 4. The minimum atomic E-state index is -0.199. The maximum absolute atomic E-state index is 9.92. The van der Waals surface area contributed by atoms with Crippen molar-refractivity contribution in [3.63, 3.8) is 0 Å². The molecule has 0 spiro atoms. The lowest BCUT2D eigenvalue weighted by Crippen LogP contribution is -1.93. The van der Waals surface area contributed by atoms with E-state index < -0.39 is 0 Å². The number of hydrogen-bond acceptors (Lipinski definition) is 4. The molecule has 2 aromatic rings. The lowest BCUT2D eigenvalue weighted by Gasteiger charge is -1.53. The Labute approximate surface area is 65.0 Å². The molecule has 12 heavy (non-hydrogen) atoms. The lowest BCUT2D eigenvalue weighted by molar-refractivity contribution is 0.930. The highest BCUT2D eigenvalue weighted by atomic mass is 16.1. The summed E-state index contributed by atoms with van der Waals surface area (Å²) in [4.78, 5) is 19.8. The Bertz CT molecular complexity index is 333. The predicted molar refractivity (Wildman–Crippen MR) is 38.4 cm³/mol. The van der Waals surface area contributed by atoms with Crippen molar-refractivity contribution in [3.05, 3.63) is 33.1 Å². The van der Waals surface area contributed by atoms with Crippen molar-refractivity contribution in [2.45, 2.75) is 0 Å². The number of nitrogens with one attached hydrogen (secondary N) is 4. The van der Waals surface area contributed by atoms with Crippen LogP contribution >= 0.6 is 0 Å². The first kappa shape index (κ1) is 7.98. The van der Waals surface area contributed by atoms with Gasteiger partial charge in [-0.15, -0.1) is 0 Å². The average Bonchev–Trinajstić information content (AvgIpc) is 2.63. The average molecular weight is 170 g/mol. The van der Waals surface area contributed by atoms with Crippen LogP contribution in [0.25, 0.3) is 0 Å². The topological polar surface area (TPSA) is 123 Å². The van der Waals surface area contributed by atoms with Crippen LogP contribution in [-0.2, 0) is 0 Å². The standard InChI is InChI=1S/2C2H3N3O/c2*6-2-1-3-5-4-2/h2*1H,(H2,3,4,5,6). The zero-order valence-corrected chi connectivity index (χ0v) is 5.87. The summed E-state index contributed by atoms with van der Waals surface area (Å²) < 4.78 is 0. The van der Waals surface area contributed by atoms with Crippen molar-refractivity contribution >= 4 is 0 Å². The van der Waals surface area contributed by atoms with E-state index in [0.717, 1.165) is 0 Å². The maximum Gasteiger partial charge on any atom is 0.283 e. The van der Waals surface area contributed by atoms with Crippen molar-refractivity contribution in [1.82, 2.24) is 30.8 Å². The van der Waals surface area contributed by atoms with Gasteiger partial charge in [0, 0.05) is 0 Å². The zero-order valence-electron chi connectivity index (χ0n) is 5.87. The predicted octanol–water partition coefficient (Wildman–Crippen LogP) is -1.80. The Morgan fingerprint density at radius 1 is 0.917 bits per heavy atom. The molecule has 0 aliphatic heterocycles. The molecule has 0 radical (unpaired) electrons. The second-order valence-corrected chi connectivity index (χ2v) is 1.72. The van der Waals surface area contributed by atoms with Crippen molar-refractivity contribution in [2.75, 3.05) is 0 Å². The van der Waals surface area contributed by atoms with Gasteiger partial charge < -0.3 is 0 Å². The SMILES string of the molecule is O=c1cn[nH][nH]1.O=c1cn[nH][nH]1. The Balaban J connectivity index is 0.000000120. The van der Waals surface area contributed by atoms with Crippen LogP contribution in [0.5, 0.6) is 0 Å². The molecule has 2 heterocycles. The van der Waals surface area contributed by atoms with Crippen molar-refractivity contribution < 1.29 is 0 Å². The van der Waals surface area contributed by atoms with Crippen molar-refractivity contribution in [3.8, 4) is 0 Å². The summed E-state index contributed by atoms with van der Waals surface area (Å²) >= 11 is 0. The Morgan fingerprint density at radius 2 is 1.33 bits per heavy atom. The Kier molecular flexibility index (Phi) is 2.60. The first-order chi connectivity index (χ1) is 5.79. The molecule has 8 nitrogen and oxygen atoms in total. The molecule has 0 amide bonds. The summed E-state index contributed by atoms with van der Waals surface area (Å²) in [5.41, 5.74) is -0.398. The molecule has 0 atom stereocenters. The molecule has 0 aliphatic rings. The molecule has 0 aliphatic carbocycles. The van der Waals surface area contributed by atoms with Crippen LogP contribution in [0.4, 0.5) is 0 Å². The fraction of sp³-hybridized carbons (Fsp3) is 0. The molecule has 2 rings (SSSR count). The highest BCUT2D eigenvalue weighted by Gasteiger charge is 1.72. The van der Waals surface area contributed by atoms with E-state index in [4.69, 9.17) is 0 Å². The van der Waals surface area contributed by atoms with Crippen molar-refractivity contribution in [2.24, 2.45) is 0 Å². The normalized spacial score (nSPS) is 8.67. The fourth-order valence-electron chi connectivity index (χ4n) is 0.421. The highest BCUT2D eigenvalue weighted by Crippen LogP contribution is 1.42. The number of H-pyrrole nitrogens is 4. The van der Waals surface area contributed by atoms with E-state index in [1.54, 1.807) is 0 Å². The molecule has 2 aromatic heterocycles. The van der Waals surface area contributed by atoms with E-state index in [9.17, 15) is 9.59 Å². The molecule has 64 valence electrons. The Hall–Kier alpha value is -2.12. The summed E-state index contributed by atoms with van der Waals surface area (Å²) in [6.45, 7) is 0. The van der Waals surface area contributed by atoms with Gasteiger partial charge in [-0.05, 0) is 0 Å². The van der Waals surface area contributed by atoms with Crippen LogP contribution < -0.4 is 11.1 Å². The molecule has 0 aromatic carbocycles. The van der Waals surface area contributed by atoms with Gasteiger partial charge in [-0.2, -0.15) is 10.2 Å². The van der Waals surface area contributed by atoms with Gasteiger partial charge in [-0.1, -0.05) is 0 Å². The summed E-state index contributed by atoms with van der Waals surface area (Å²) in [5, 5.41) is 15.6. The maximum atomic E-state index is 9.92. The van der Waals surface area contributed by atoms with E-state index in [2.05, 4.69) is 30.8 Å². The monoisotopic (exact) mass is 170 g/mol. The van der Waals surface area contributed by atoms with Gasteiger partial charge in [0.1, 0.15) is 12.4 Å². The second-order valence-electron chi connectivity index (χ2n) is 1.72. The van der Waals surface area contributed by atoms with Gasteiger partial charge in [0.15, 0.2) is 0 Å². The second kappa shape index (κ2) is 3.91. The molecule has 0 saturated carbocycles. The summed E-state index contributed by atoms with van der Waals surface area (Å²) in [5.74, 6) is 0. The van der Waals surface area contributed by atoms with E-state index in [-0.39, 0.29) is 11.1 Å². The molecule has 8 heteroatoms. The van der Waals surface area contributed by atoms with Gasteiger partial charge in [0.05, 0.1) is 0 Å². The third-order valence-corrected chi connectivity index (χ3v) is 0.851. The number of nitrogens with zero attached hydrogens (tertiary/aromatic N) is 2. The third-order valence-electron chi connectivity index (χ3n) is 0.851. The van der Waals surface area contributed by atoms with E-state index in [1.807, 2.05) is 0 Å². The van der Waals surface area contributed by atoms with Crippen LogP contribution in [0.15, 0.2) is 22.0 Å². The largest absolute Gasteiger partial charge is 0.283 e. The minimum Gasteiger partial charge on any atom is -0.266 e. The first-order valence-electron chi connectivity index (χ1n) is 2.95. The fourth-order valence-corrected chi connectivity index (χ4v) is 0.421. The van der Waals surface area contributed by atoms with Crippen LogP contribution in [0.1, 0.15) is 0 Å². The highest BCUT2D eigenvalue weighted by molar-refractivity contribution is 4.60. The van der Waals surface area contributed by atoms with Crippen molar-refractivity contribution in [1.29, 1.82) is 0 Å². The summed E-state index contributed by atoms with van der Waals surface area (Å²) in [6.07, 6.45) is 2.33. The van der Waals surface area contributed by atoms with Crippen LogP contribution in [-0.4, -0.2) is 30.8 Å². The molecule has 4 N–H and O–H groups in total. The number of hydrogen-bond donors (Lipinski definition) is 4. The molecule has 0 unspecified atom stereocenters. The quantitative estimate of drug-likeness (QED) is 0.372. The van der Waals surface area contributed by atoms with E-state index >= 15 is 0 Å². The summed E-state index contributed by atoms with van der Waals surface area (Å²) in [7, 11) is 0. The lowest BCUT2D eigenvalue weighted by atomic mass is 10.9. The van der Waals surface area contributed by atoms with Crippen LogP contribution in [0, 0.1) is 0 Å². The molecule has 0 fully saturated rings. The van der Waals surface area contributed by atoms with Gasteiger partial charge >= 0.3 is 0 Å². The molecule has 0 bridgehead atoms. The van der Waals surface area contributed by atoms with Crippen LogP contribution in [0.2, 0.25) is 0 Å². The van der Waals surface area contributed by atoms with Gasteiger partial charge in [-0.3, -0.25) is 9.59 Å². The van der Waals surface area contributed by atoms with E-state index in [1.165, 1.54) is 12.4 Å². The minimum absolute atomic E-state index is 0.199. The Morgan fingerprint density at radius 3 is 1.42 bits per heavy atom. The van der Waals surface area contributed by atoms with Gasteiger partial charge in [0.25, 0.3) is 11.1 Å². The summed E-state index contributed by atoms with van der Waals surface area (Å²) in [6, 6.07) is 0. The zero-order chi connectivity index (χ0) is 8.81. The van der Waals surface area contributed by atoms with Gasteiger partial charge in [-0.25, -0.2) is 20.6 Å². The molecular formula is C4H6N6O2.